The summed E-state index contributed by atoms with van der Waals surface area (Å²) in [5.74, 6) is 0.538. The highest BCUT2D eigenvalue weighted by atomic mass is 16.5. The minimum atomic E-state index is -0.163. The molecule has 1 fully saturated rings. The van der Waals surface area contributed by atoms with Gasteiger partial charge in [0.1, 0.15) is 5.75 Å². The van der Waals surface area contributed by atoms with E-state index in [0.29, 0.717) is 17.1 Å². The molecule has 1 saturated heterocycles. The van der Waals surface area contributed by atoms with Crippen LogP contribution in [0, 0.1) is 5.92 Å². The van der Waals surface area contributed by atoms with Crippen molar-refractivity contribution in [2.24, 2.45) is 5.92 Å². The quantitative estimate of drug-likeness (QED) is 0.751. The highest BCUT2D eigenvalue weighted by Crippen LogP contribution is 2.30. The van der Waals surface area contributed by atoms with Crippen LogP contribution in [0.25, 0.3) is 0 Å². The molecule has 0 spiro atoms. The molecule has 0 unspecified atom stereocenters. The Morgan fingerprint density at radius 2 is 2.10 bits per heavy atom. The van der Waals surface area contributed by atoms with Gasteiger partial charge in [-0.25, -0.2) is 0 Å². The summed E-state index contributed by atoms with van der Waals surface area (Å²) in [5.41, 5.74) is 1.34. The van der Waals surface area contributed by atoms with Gasteiger partial charge in [0.2, 0.25) is 5.91 Å². The number of benzene rings is 1. The van der Waals surface area contributed by atoms with Crippen LogP contribution in [0.3, 0.4) is 0 Å². The van der Waals surface area contributed by atoms with Gasteiger partial charge in [-0.1, -0.05) is 0 Å². The van der Waals surface area contributed by atoms with Crippen LogP contribution >= 0.6 is 0 Å². The normalized spacial score (nSPS) is 18.7. The fourth-order valence-electron chi connectivity index (χ4n) is 2.48. The number of ether oxygens (including phenoxy) is 1. The van der Waals surface area contributed by atoms with E-state index in [1.165, 1.54) is 0 Å². The average molecular weight is 275 g/mol. The third-order valence-corrected chi connectivity index (χ3v) is 3.59. The molecule has 106 valence electrons. The van der Waals surface area contributed by atoms with Crippen LogP contribution in [0.2, 0.25) is 0 Å². The number of carbonyl (C=O) groups is 2. The standard InChI is InChI=1S/C14H17N3O3/c18-13-8-20-12-7-10(1-2-11(12)17-13)16-14(19)9-3-5-15-6-4-9/h1-2,7,9,15H,3-6,8H2,(H,16,19)(H,17,18). The van der Waals surface area contributed by atoms with E-state index < -0.39 is 0 Å². The lowest BCUT2D eigenvalue weighted by atomic mass is 9.97. The van der Waals surface area contributed by atoms with E-state index in [2.05, 4.69) is 16.0 Å². The van der Waals surface area contributed by atoms with E-state index in [1.807, 2.05) is 0 Å². The molecule has 6 heteroatoms. The second kappa shape index (κ2) is 5.50. The third-order valence-electron chi connectivity index (χ3n) is 3.59. The number of hydrogen-bond acceptors (Lipinski definition) is 4. The van der Waals surface area contributed by atoms with Gasteiger partial charge in [-0.15, -0.1) is 0 Å². The summed E-state index contributed by atoms with van der Waals surface area (Å²) in [6.07, 6.45) is 1.73. The van der Waals surface area contributed by atoms with Crippen LogP contribution in [-0.4, -0.2) is 31.5 Å². The zero-order valence-electron chi connectivity index (χ0n) is 11.1. The summed E-state index contributed by atoms with van der Waals surface area (Å²) in [7, 11) is 0. The summed E-state index contributed by atoms with van der Waals surface area (Å²) in [6, 6.07) is 5.25. The van der Waals surface area contributed by atoms with Crippen molar-refractivity contribution in [1.29, 1.82) is 0 Å². The molecule has 1 aromatic rings. The van der Waals surface area contributed by atoms with Crippen LogP contribution in [-0.2, 0) is 9.59 Å². The van der Waals surface area contributed by atoms with E-state index in [4.69, 9.17) is 4.74 Å². The first-order chi connectivity index (χ1) is 9.72. The summed E-state index contributed by atoms with van der Waals surface area (Å²) < 4.78 is 5.33. The Kier molecular flexibility index (Phi) is 3.56. The largest absolute Gasteiger partial charge is 0.482 e. The van der Waals surface area contributed by atoms with Crippen LogP contribution in [0.4, 0.5) is 11.4 Å². The Morgan fingerprint density at radius 3 is 2.90 bits per heavy atom. The van der Waals surface area contributed by atoms with Crippen molar-refractivity contribution in [3.63, 3.8) is 0 Å². The summed E-state index contributed by atoms with van der Waals surface area (Å²) in [6.45, 7) is 1.79. The van der Waals surface area contributed by atoms with Crippen molar-refractivity contribution < 1.29 is 14.3 Å². The van der Waals surface area contributed by atoms with Crippen LogP contribution in [0.15, 0.2) is 18.2 Å². The lowest BCUT2D eigenvalue weighted by molar-refractivity contribution is -0.120. The number of amides is 2. The average Bonchev–Trinajstić information content (AvgIpc) is 2.48. The Balaban J connectivity index is 1.68. The Bertz CT molecular complexity index is 538. The van der Waals surface area contributed by atoms with Crippen molar-refractivity contribution in [2.75, 3.05) is 30.3 Å². The second-order valence-corrected chi connectivity index (χ2v) is 5.06. The van der Waals surface area contributed by atoms with E-state index in [0.717, 1.165) is 25.9 Å². The van der Waals surface area contributed by atoms with E-state index >= 15 is 0 Å². The smallest absolute Gasteiger partial charge is 0.262 e. The maximum atomic E-state index is 12.1. The zero-order chi connectivity index (χ0) is 13.9. The van der Waals surface area contributed by atoms with Crippen molar-refractivity contribution >= 4 is 23.2 Å². The minimum Gasteiger partial charge on any atom is -0.482 e. The third kappa shape index (κ3) is 2.75. The number of rotatable bonds is 2. The molecule has 0 saturated carbocycles. The van der Waals surface area contributed by atoms with Gasteiger partial charge in [-0.05, 0) is 38.1 Å². The Hall–Kier alpha value is -2.08. The molecule has 0 bridgehead atoms. The second-order valence-electron chi connectivity index (χ2n) is 5.06. The number of hydrogen-bond donors (Lipinski definition) is 3. The minimum absolute atomic E-state index is 0.0126. The Labute approximate surface area is 116 Å². The van der Waals surface area contributed by atoms with Crippen molar-refractivity contribution in [1.82, 2.24) is 5.32 Å². The molecule has 1 aromatic carbocycles. The number of piperidine rings is 1. The first-order valence-corrected chi connectivity index (χ1v) is 6.80. The molecule has 2 aliphatic rings. The number of nitrogens with one attached hydrogen (secondary N) is 3. The van der Waals surface area contributed by atoms with E-state index in [1.54, 1.807) is 18.2 Å². The van der Waals surface area contributed by atoms with E-state index in [9.17, 15) is 9.59 Å². The highest BCUT2D eigenvalue weighted by Gasteiger charge is 2.22. The molecule has 3 rings (SSSR count). The fraction of sp³-hybridized carbons (Fsp3) is 0.429. The molecule has 2 amide bonds. The maximum absolute atomic E-state index is 12.1. The molecule has 20 heavy (non-hydrogen) atoms. The number of fused-ring (bicyclic) bond motifs is 1. The topological polar surface area (TPSA) is 79.5 Å². The molecule has 0 aromatic heterocycles. The first-order valence-electron chi connectivity index (χ1n) is 6.80. The monoisotopic (exact) mass is 275 g/mol. The molecule has 2 aliphatic heterocycles. The Morgan fingerprint density at radius 1 is 1.30 bits per heavy atom. The van der Waals surface area contributed by atoms with Crippen LogP contribution < -0.4 is 20.7 Å². The summed E-state index contributed by atoms with van der Waals surface area (Å²) >= 11 is 0. The van der Waals surface area contributed by atoms with Gasteiger partial charge in [-0.2, -0.15) is 0 Å². The fourth-order valence-corrected chi connectivity index (χ4v) is 2.48. The van der Waals surface area contributed by atoms with Crippen LogP contribution in [0.1, 0.15) is 12.8 Å². The van der Waals surface area contributed by atoms with Gasteiger partial charge in [0, 0.05) is 17.7 Å². The van der Waals surface area contributed by atoms with E-state index in [-0.39, 0.29) is 24.3 Å². The lowest BCUT2D eigenvalue weighted by Gasteiger charge is -2.22. The highest BCUT2D eigenvalue weighted by molar-refractivity contribution is 5.97. The maximum Gasteiger partial charge on any atom is 0.262 e. The summed E-state index contributed by atoms with van der Waals surface area (Å²) in [5, 5.41) is 8.87. The van der Waals surface area contributed by atoms with Crippen LogP contribution in [0.5, 0.6) is 5.75 Å². The summed E-state index contributed by atoms with van der Waals surface area (Å²) in [4.78, 5) is 23.3. The predicted octanol–water partition coefficient (Wildman–Crippen LogP) is 0.956. The lowest BCUT2D eigenvalue weighted by Crippen LogP contribution is -2.34. The number of carbonyl (C=O) groups excluding carboxylic acids is 2. The van der Waals surface area contributed by atoms with Gasteiger partial charge in [0.05, 0.1) is 5.69 Å². The first kappa shape index (κ1) is 12.9. The van der Waals surface area contributed by atoms with Crippen molar-refractivity contribution in [2.45, 2.75) is 12.8 Å². The van der Waals surface area contributed by atoms with Crippen molar-refractivity contribution in [3.8, 4) is 5.75 Å². The van der Waals surface area contributed by atoms with Gasteiger partial charge in [0.15, 0.2) is 6.61 Å². The van der Waals surface area contributed by atoms with Gasteiger partial charge < -0.3 is 20.7 Å². The zero-order valence-corrected chi connectivity index (χ0v) is 11.1. The molecule has 0 radical (unpaired) electrons. The van der Waals surface area contributed by atoms with Gasteiger partial charge >= 0.3 is 0 Å². The molecule has 3 N–H and O–H groups in total. The molecule has 0 aliphatic carbocycles. The molecule has 2 heterocycles. The van der Waals surface area contributed by atoms with Gasteiger partial charge in [0.25, 0.3) is 5.91 Å². The predicted molar refractivity (Wildman–Crippen MR) is 74.8 cm³/mol. The van der Waals surface area contributed by atoms with Gasteiger partial charge in [-0.3, -0.25) is 9.59 Å². The number of anilines is 2. The van der Waals surface area contributed by atoms with Crippen molar-refractivity contribution in [3.05, 3.63) is 18.2 Å². The SMILES string of the molecule is O=C1COc2cc(NC(=O)C3CCNCC3)ccc2N1. The molecule has 0 atom stereocenters. The molecular formula is C14H17N3O3. The molecule has 6 nitrogen and oxygen atoms in total. The molecular weight excluding hydrogens is 258 g/mol.